The van der Waals surface area contributed by atoms with E-state index in [9.17, 15) is 14.7 Å². The van der Waals surface area contributed by atoms with Gasteiger partial charge in [0.25, 0.3) is 5.91 Å². The second kappa shape index (κ2) is 7.68. The van der Waals surface area contributed by atoms with E-state index in [1.807, 2.05) is 0 Å². The zero-order valence-corrected chi connectivity index (χ0v) is 12.9. The van der Waals surface area contributed by atoms with Gasteiger partial charge in [-0.05, 0) is 48.5 Å². The first-order valence-electron chi connectivity index (χ1n) is 7.03. The molecule has 0 aliphatic heterocycles. The van der Waals surface area contributed by atoms with Crippen molar-refractivity contribution in [3.05, 3.63) is 54.1 Å². The Kier molecular flexibility index (Phi) is 5.40. The van der Waals surface area contributed by atoms with Gasteiger partial charge in [0.1, 0.15) is 11.5 Å². The van der Waals surface area contributed by atoms with Crippen molar-refractivity contribution in [2.75, 3.05) is 5.32 Å². The second-order valence-electron chi connectivity index (χ2n) is 4.88. The van der Waals surface area contributed by atoms with Crippen molar-refractivity contribution in [2.24, 2.45) is 15.9 Å². The molecule has 0 aliphatic carbocycles. The molecule has 0 unspecified atom stereocenters. The van der Waals surface area contributed by atoms with Crippen LogP contribution in [0.25, 0.3) is 0 Å². The number of Topliss-reactive ketones (excluding diaryl/α,β-unsaturated/α-hetero) is 1. The van der Waals surface area contributed by atoms with Crippen molar-refractivity contribution in [1.29, 1.82) is 0 Å². The van der Waals surface area contributed by atoms with Gasteiger partial charge >= 0.3 is 0 Å². The monoisotopic (exact) mass is 324 g/mol. The van der Waals surface area contributed by atoms with Gasteiger partial charge in [0, 0.05) is 18.2 Å². The summed E-state index contributed by atoms with van der Waals surface area (Å²) in [5.74, 6) is 4.62. The van der Waals surface area contributed by atoms with Crippen LogP contribution >= 0.6 is 0 Å². The molecular weight excluding hydrogens is 308 g/mol. The lowest BCUT2D eigenvalue weighted by Crippen LogP contribution is -2.13. The number of amides is 1. The summed E-state index contributed by atoms with van der Waals surface area (Å²) in [6, 6.07) is 12.7. The van der Waals surface area contributed by atoms with Crippen LogP contribution in [0.2, 0.25) is 0 Å². The average Bonchev–Trinajstić information content (AvgIpc) is 2.57. The lowest BCUT2D eigenvalue weighted by atomic mass is 10.2. The van der Waals surface area contributed by atoms with Gasteiger partial charge in [-0.15, -0.1) is 0 Å². The van der Waals surface area contributed by atoms with Gasteiger partial charge in [0.15, 0.2) is 5.78 Å². The molecule has 1 amide bonds. The number of aromatic hydroxyl groups is 1. The van der Waals surface area contributed by atoms with Gasteiger partial charge in [-0.25, -0.2) is 0 Å². The Morgan fingerprint density at radius 3 is 2.25 bits per heavy atom. The van der Waals surface area contributed by atoms with Crippen LogP contribution in [-0.2, 0) is 4.79 Å². The Morgan fingerprint density at radius 1 is 1.08 bits per heavy atom. The van der Waals surface area contributed by atoms with E-state index in [1.54, 1.807) is 24.3 Å². The lowest BCUT2D eigenvalue weighted by molar-refractivity contribution is -0.110. The zero-order chi connectivity index (χ0) is 17.5. The highest BCUT2D eigenvalue weighted by Gasteiger charge is 2.06. The van der Waals surface area contributed by atoms with Gasteiger partial charge in [-0.2, -0.15) is 5.10 Å². The molecule has 7 nitrogen and oxygen atoms in total. The fourth-order valence-corrected chi connectivity index (χ4v) is 1.80. The Labute approximate surface area is 138 Å². The van der Waals surface area contributed by atoms with Crippen molar-refractivity contribution < 1.29 is 14.7 Å². The standard InChI is InChI=1S/C17H16N4O3/c1-11(22)16(21-18)10-19-13-4-6-14(7-5-13)20-17(24)12-2-8-15(23)9-3-12/h2-10,23H,18H2,1H3,(H,20,24). The number of nitrogens with two attached hydrogens (primary N) is 1. The third kappa shape index (κ3) is 4.51. The molecule has 0 spiro atoms. The van der Waals surface area contributed by atoms with Gasteiger partial charge in [-0.3, -0.25) is 14.6 Å². The largest absolute Gasteiger partial charge is 0.508 e. The third-order valence-corrected chi connectivity index (χ3v) is 3.09. The first-order chi connectivity index (χ1) is 11.5. The average molecular weight is 324 g/mol. The maximum Gasteiger partial charge on any atom is 0.255 e. The number of hydrazone groups is 1. The molecule has 24 heavy (non-hydrogen) atoms. The van der Waals surface area contributed by atoms with Crippen LogP contribution in [0, 0.1) is 0 Å². The molecule has 0 saturated carbocycles. The van der Waals surface area contributed by atoms with E-state index in [0.717, 1.165) is 0 Å². The van der Waals surface area contributed by atoms with Crippen LogP contribution < -0.4 is 11.2 Å². The smallest absolute Gasteiger partial charge is 0.255 e. The number of ketones is 1. The van der Waals surface area contributed by atoms with E-state index in [2.05, 4.69) is 15.4 Å². The van der Waals surface area contributed by atoms with E-state index < -0.39 is 0 Å². The van der Waals surface area contributed by atoms with Crippen molar-refractivity contribution in [3.63, 3.8) is 0 Å². The summed E-state index contributed by atoms with van der Waals surface area (Å²) in [5.41, 5.74) is 1.67. The Balaban J connectivity index is 2.04. The normalized spacial score (nSPS) is 11.5. The molecular formula is C17H16N4O3. The topological polar surface area (TPSA) is 117 Å². The number of anilines is 1. The van der Waals surface area contributed by atoms with E-state index in [-0.39, 0.29) is 23.2 Å². The molecule has 0 bridgehead atoms. The van der Waals surface area contributed by atoms with Crippen LogP contribution in [0.15, 0.2) is 58.6 Å². The number of phenolic OH excluding ortho intramolecular Hbond substituents is 1. The fourth-order valence-electron chi connectivity index (χ4n) is 1.80. The van der Waals surface area contributed by atoms with Gasteiger partial charge < -0.3 is 16.3 Å². The fraction of sp³-hybridized carbons (Fsp3) is 0.0588. The minimum Gasteiger partial charge on any atom is -0.508 e. The van der Waals surface area contributed by atoms with Crippen LogP contribution in [0.1, 0.15) is 17.3 Å². The molecule has 0 aromatic heterocycles. The molecule has 2 aromatic rings. The first kappa shape index (κ1) is 16.9. The van der Waals surface area contributed by atoms with Crippen LogP contribution in [0.4, 0.5) is 11.4 Å². The molecule has 2 rings (SSSR count). The Morgan fingerprint density at radius 2 is 1.71 bits per heavy atom. The molecule has 0 atom stereocenters. The number of carbonyl (C=O) groups is 2. The van der Waals surface area contributed by atoms with Crippen LogP contribution in [0.5, 0.6) is 5.75 Å². The highest BCUT2D eigenvalue weighted by Crippen LogP contribution is 2.17. The number of phenols is 1. The number of nitrogens with zero attached hydrogens (tertiary/aromatic N) is 2. The molecule has 0 fully saturated rings. The van der Waals surface area contributed by atoms with Crippen molar-refractivity contribution in [2.45, 2.75) is 6.92 Å². The van der Waals surface area contributed by atoms with Crippen LogP contribution in [-0.4, -0.2) is 28.7 Å². The zero-order valence-electron chi connectivity index (χ0n) is 12.9. The SMILES string of the molecule is CC(=O)C(C=Nc1ccc(NC(=O)c2ccc(O)cc2)cc1)=NN. The van der Waals surface area contributed by atoms with Crippen molar-refractivity contribution in [3.8, 4) is 5.75 Å². The third-order valence-electron chi connectivity index (χ3n) is 3.09. The summed E-state index contributed by atoms with van der Waals surface area (Å²) < 4.78 is 0. The summed E-state index contributed by atoms with van der Waals surface area (Å²) in [6.45, 7) is 1.35. The molecule has 0 radical (unpaired) electrons. The van der Waals surface area contributed by atoms with Crippen molar-refractivity contribution >= 4 is 35.0 Å². The number of hydrogen-bond donors (Lipinski definition) is 3. The number of nitrogens with one attached hydrogen (secondary N) is 1. The van der Waals surface area contributed by atoms with Gasteiger partial charge in [0.05, 0.1) is 11.9 Å². The summed E-state index contributed by atoms with van der Waals surface area (Å²) in [6.07, 6.45) is 1.28. The number of carbonyl (C=O) groups excluding carboxylic acids is 2. The molecule has 4 N–H and O–H groups in total. The number of hydrogen-bond acceptors (Lipinski definition) is 6. The molecule has 0 saturated heterocycles. The second-order valence-corrected chi connectivity index (χ2v) is 4.88. The predicted octanol–water partition coefficient (Wildman–Crippen LogP) is 2.25. The minimum absolute atomic E-state index is 0.0692. The summed E-state index contributed by atoms with van der Waals surface area (Å²) in [4.78, 5) is 27.3. The number of benzene rings is 2. The number of rotatable bonds is 5. The maximum absolute atomic E-state index is 12.0. The quantitative estimate of drug-likeness (QED) is 0.444. The van der Waals surface area contributed by atoms with Crippen LogP contribution in [0.3, 0.4) is 0 Å². The Hall–Kier alpha value is -3.48. The molecule has 122 valence electrons. The van der Waals surface area contributed by atoms with E-state index in [0.29, 0.717) is 16.9 Å². The van der Waals surface area contributed by atoms with E-state index in [4.69, 9.17) is 5.84 Å². The Bertz CT molecular complexity index is 794. The first-order valence-corrected chi connectivity index (χ1v) is 7.03. The number of aliphatic imine (C=N–C) groups is 1. The predicted molar refractivity (Wildman–Crippen MR) is 93.0 cm³/mol. The minimum atomic E-state index is -0.291. The van der Waals surface area contributed by atoms with Gasteiger partial charge in [-0.1, -0.05) is 0 Å². The molecule has 7 heteroatoms. The molecule has 0 heterocycles. The summed E-state index contributed by atoms with van der Waals surface area (Å²) >= 11 is 0. The van der Waals surface area contributed by atoms with E-state index in [1.165, 1.54) is 37.4 Å². The van der Waals surface area contributed by atoms with Gasteiger partial charge in [0.2, 0.25) is 0 Å². The molecule has 0 aliphatic rings. The lowest BCUT2D eigenvalue weighted by Gasteiger charge is -2.05. The van der Waals surface area contributed by atoms with E-state index >= 15 is 0 Å². The summed E-state index contributed by atoms with van der Waals surface area (Å²) in [7, 11) is 0. The summed E-state index contributed by atoms with van der Waals surface area (Å²) in [5, 5.41) is 15.3. The highest BCUT2D eigenvalue weighted by atomic mass is 16.3. The maximum atomic E-state index is 12.0. The molecule has 2 aromatic carbocycles. The van der Waals surface area contributed by atoms with Crippen molar-refractivity contribution in [1.82, 2.24) is 0 Å². The highest BCUT2D eigenvalue weighted by molar-refractivity contribution is 6.60.